The zero-order chi connectivity index (χ0) is 12.3. The zero-order valence-electron chi connectivity index (χ0n) is 11.2. The van der Waals surface area contributed by atoms with E-state index in [4.69, 9.17) is 4.74 Å². The van der Waals surface area contributed by atoms with E-state index < -0.39 is 0 Å². The molecular formula is C13H23NO2. The molecule has 1 amide bonds. The van der Waals surface area contributed by atoms with Crippen molar-refractivity contribution < 1.29 is 9.53 Å². The van der Waals surface area contributed by atoms with Crippen molar-refractivity contribution >= 4 is 6.09 Å². The van der Waals surface area contributed by atoms with Gasteiger partial charge >= 0.3 is 6.09 Å². The maximum atomic E-state index is 12.0. The second kappa shape index (κ2) is 3.14. The van der Waals surface area contributed by atoms with Gasteiger partial charge in [0.15, 0.2) is 0 Å². The number of carbonyl (C=O) groups excluding carboxylic acids is 1. The van der Waals surface area contributed by atoms with Gasteiger partial charge in [0.2, 0.25) is 0 Å². The van der Waals surface area contributed by atoms with Crippen LogP contribution < -0.4 is 0 Å². The lowest BCUT2D eigenvalue weighted by Crippen LogP contribution is -2.42. The van der Waals surface area contributed by atoms with Crippen molar-refractivity contribution in [3.8, 4) is 0 Å². The molecular weight excluding hydrogens is 202 g/mol. The van der Waals surface area contributed by atoms with Crippen molar-refractivity contribution in [3.05, 3.63) is 0 Å². The maximum absolute atomic E-state index is 12.0. The van der Waals surface area contributed by atoms with Crippen LogP contribution in [0.5, 0.6) is 0 Å². The van der Waals surface area contributed by atoms with Crippen molar-refractivity contribution in [3.63, 3.8) is 0 Å². The number of ether oxygens (including phenoxy) is 1. The molecule has 0 aromatic heterocycles. The van der Waals surface area contributed by atoms with Gasteiger partial charge < -0.3 is 9.64 Å². The van der Waals surface area contributed by atoms with Crippen molar-refractivity contribution in [2.45, 2.75) is 53.2 Å². The monoisotopic (exact) mass is 225 g/mol. The van der Waals surface area contributed by atoms with Crippen LogP contribution in [0, 0.1) is 17.3 Å². The summed E-state index contributed by atoms with van der Waals surface area (Å²) in [5, 5.41) is 0. The normalized spacial score (nSPS) is 35.9. The van der Waals surface area contributed by atoms with Crippen LogP contribution >= 0.6 is 0 Å². The van der Waals surface area contributed by atoms with Crippen LogP contribution in [0.2, 0.25) is 0 Å². The first-order valence-electron chi connectivity index (χ1n) is 6.14. The van der Waals surface area contributed by atoms with Gasteiger partial charge in [0.05, 0.1) is 0 Å². The van der Waals surface area contributed by atoms with E-state index in [1.54, 1.807) is 0 Å². The smallest absolute Gasteiger partial charge is 0.410 e. The van der Waals surface area contributed by atoms with Crippen LogP contribution in [-0.2, 0) is 4.74 Å². The molecule has 2 rings (SSSR count). The Morgan fingerprint density at radius 1 is 1.38 bits per heavy atom. The molecule has 0 radical (unpaired) electrons. The third-order valence-electron chi connectivity index (χ3n) is 4.17. The van der Waals surface area contributed by atoms with E-state index in [0.717, 1.165) is 6.54 Å². The molecule has 3 nitrogen and oxygen atoms in total. The Hall–Kier alpha value is -0.730. The first-order valence-corrected chi connectivity index (χ1v) is 6.14. The Labute approximate surface area is 98.1 Å². The number of piperidine rings is 1. The molecule has 2 fully saturated rings. The fourth-order valence-corrected chi connectivity index (χ4v) is 3.23. The van der Waals surface area contributed by atoms with Gasteiger partial charge in [-0.1, -0.05) is 13.8 Å². The van der Waals surface area contributed by atoms with Gasteiger partial charge in [-0.05, 0) is 44.9 Å². The molecule has 0 spiro atoms. The molecule has 3 heteroatoms. The van der Waals surface area contributed by atoms with Crippen LogP contribution in [0.4, 0.5) is 4.79 Å². The van der Waals surface area contributed by atoms with Crippen molar-refractivity contribution in [2.24, 2.45) is 17.3 Å². The molecule has 1 aliphatic heterocycles. The lowest BCUT2D eigenvalue weighted by molar-refractivity contribution is 0.0180. The fourth-order valence-electron chi connectivity index (χ4n) is 3.23. The first kappa shape index (κ1) is 11.7. The van der Waals surface area contributed by atoms with E-state index in [0.29, 0.717) is 23.3 Å². The van der Waals surface area contributed by atoms with E-state index in [9.17, 15) is 4.79 Å². The zero-order valence-corrected chi connectivity index (χ0v) is 11.2. The average molecular weight is 225 g/mol. The van der Waals surface area contributed by atoms with E-state index >= 15 is 0 Å². The van der Waals surface area contributed by atoms with Gasteiger partial charge in [0, 0.05) is 12.6 Å². The summed E-state index contributed by atoms with van der Waals surface area (Å²) in [5.74, 6) is 1.34. The Kier molecular flexibility index (Phi) is 2.31. The highest BCUT2D eigenvalue weighted by molar-refractivity contribution is 5.69. The number of rotatable bonds is 0. The molecule has 1 heterocycles. The molecule has 2 aliphatic rings. The Morgan fingerprint density at radius 3 is 2.31 bits per heavy atom. The average Bonchev–Trinajstić information content (AvgIpc) is 2.45. The van der Waals surface area contributed by atoms with Gasteiger partial charge in [-0.25, -0.2) is 4.79 Å². The van der Waals surface area contributed by atoms with Crippen molar-refractivity contribution in [1.82, 2.24) is 4.90 Å². The third kappa shape index (κ3) is 1.70. The Balaban J connectivity index is 1.98. The van der Waals surface area contributed by atoms with Gasteiger partial charge in [-0.15, -0.1) is 0 Å². The second-order valence-electron chi connectivity index (χ2n) is 6.83. The summed E-state index contributed by atoms with van der Waals surface area (Å²) in [6, 6.07) is 0.329. The maximum Gasteiger partial charge on any atom is 0.410 e. The molecule has 3 atom stereocenters. The van der Waals surface area contributed by atoms with Gasteiger partial charge in [0.1, 0.15) is 5.60 Å². The number of fused-ring (bicyclic) bond motifs is 1. The summed E-state index contributed by atoms with van der Waals surface area (Å²) in [4.78, 5) is 13.8. The topological polar surface area (TPSA) is 29.5 Å². The van der Waals surface area contributed by atoms with Gasteiger partial charge in [-0.3, -0.25) is 0 Å². The molecule has 0 aromatic rings. The summed E-state index contributed by atoms with van der Waals surface area (Å²) < 4.78 is 5.42. The standard InChI is InChI=1S/C13H23NO2/c1-8-10-9(13(10,5)6)7-14(8)11(15)16-12(2,3)4/h8-10H,7H2,1-6H3. The van der Waals surface area contributed by atoms with Gasteiger partial charge in [-0.2, -0.15) is 0 Å². The summed E-state index contributed by atoms with van der Waals surface area (Å²) in [6.45, 7) is 13.3. The molecule has 0 bridgehead atoms. The molecule has 1 saturated carbocycles. The molecule has 92 valence electrons. The molecule has 1 aliphatic carbocycles. The predicted octanol–water partition coefficient (Wildman–Crippen LogP) is 2.90. The first-order chi connectivity index (χ1) is 7.14. The minimum atomic E-state index is -0.390. The largest absolute Gasteiger partial charge is 0.444 e. The highest BCUT2D eigenvalue weighted by Crippen LogP contribution is 2.64. The van der Waals surface area contributed by atoms with E-state index in [-0.39, 0.29) is 11.7 Å². The fraction of sp³-hybridized carbons (Fsp3) is 0.923. The molecule has 3 unspecified atom stereocenters. The second-order valence-corrected chi connectivity index (χ2v) is 6.83. The number of hydrogen-bond acceptors (Lipinski definition) is 2. The quantitative estimate of drug-likeness (QED) is 0.634. The van der Waals surface area contributed by atoms with Crippen LogP contribution in [0.15, 0.2) is 0 Å². The summed E-state index contributed by atoms with van der Waals surface area (Å²) in [7, 11) is 0. The molecule has 16 heavy (non-hydrogen) atoms. The highest BCUT2D eigenvalue weighted by Gasteiger charge is 2.66. The lowest BCUT2D eigenvalue weighted by Gasteiger charge is -2.30. The van der Waals surface area contributed by atoms with Crippen LogP contribution in [0.1, 0.15) is 41.5 Å². The predicted molar refractivity (Wildman–Crippen MR) is 63.2 cm³/mol. The Morgan fingerprint density at radius 2 is 1.94 bits per heavy atom. The highest BCUT2D eigenvalue weighted by atomic mass is 16.6. The van der Waals surface area contributed by atoms with Crippen LogP contribution in [-0.4, -0.2) is 29.2 Å². The van der Waals surface area contributed by atoms with E-state index in [2.05, 4.69) is 20.8 Å². The summed E-state index contributed by atoms with van der Waals surface area (Å²) in [6.07, 6.45) is -0.150. The lowest BCUT2D eigenvalue weighted by atomic mass is 10.0. The summed E-state index contributed by atoms with van der Waals surface area (Å²) in [5.41, 5.74) is 0.0387. The minimum Gasteiger partial charge on any atom is -0.444 e. The van der Waals surface area contributed by atoms with Crippen LogP contribution in [0.25, 0.3) is 0 Å². The van der Waals surface area contributed by atoms with E-state index in [1.807, 2.05) is 25.7 Å². The van der Waals surface area contributed by atoms with E-state index in [1.165, 1.54) is 0 Å². The number of likely N-dealkylation sites (tertiary alicyclic amines) is 1. The molecule has 1 saturated heterocycles. The Bertz CT molecular complexity index is 316. The number of carbonyl (C=O) groups is 1. The minimum absolute atomic E-state index is 0.150. The number of nitrogens with zero attached hydrogens (tertiary/aromatic N) is 1. The number of amides is 1. The van der Waals surface area contributed by atoms with Gasteiger partial charge in [0.25, 0.3) is 0 Å². The van der Waals surface area contributed by atoms with Crippen molar-refractivity contribution in [1.29, 1.82) is 0 Å². The SMILES string of the molecule is CC1C2C(CN1C(=O)OC(C)(C)C)C2(C)C. The van der Waals surface area contributed by atoms with Crippen molar-refractivity contribution in [2.75, 3.05) is 6.54 Å². The molecule has 0 aromatic carbocycles. The summed E-state index contributed by atoms with van der Waals surface area (Å²) >= 11 is 0. The van der Waals surface area contributed by atoms with Crippen LogP contribution in [0.3, 0.4) is 0 Å². The molecule has 0 N–H and O–H groups in total. The number of hydrogen-bond donors (Lipinski definition) is 0. The third-order valence-corrected chi connectivity index (χ3v) is 4.17.